The standard InChI is InChI=1S/C22H22ClN5O3S/c1-22(2,19-9-10-25-21(27-19)28-32(30,31)18-7-8-18)20(29)26-17-5-3-14(4-6-17)15-11-16(23)13-24-12-15/h3-6,9-13,18H,7-8H2,1-2H3,(H,26,29)(H,25,27,28). The molecule has 0 spiro atoms. The van der Waals surface area contributed by atoms with Crippen molar-refractivity contribution in [2.24, 2.45) is 0 Å². The molecule has 4 rings (SSSR count). The number of amides is 1. The lowest BCUT2D eigenvalue weighted by Crippen LogP contribution is -2.36. The summed E-state index contributed by atoms with van der Waals surface area (Å²) in [6.07, 6.45) is 5.99. The van der Waals surface area contributed by atoms with Crippen LogP contribution in [0.5, 0.6) is 0 Å². The smallest absolute Gasteiger partial charge is 0.237 e. The van der Waals surface area contributed by atoms with Crippen molar-refractivity contribution < 1.29 is 13.2 Å². The number of rotatable bonds is 7. The van der Waals surface area contributed by atoms with Crippen LogP contribution in [-0.4, -0.2) is 34.5 Å². The van der Waals surface area contributed by atoms with Gasteiger partial charge in [0.05, 0.1) is 21.4 Å². The second kappa shape index (κ2) is 8.48. The first-order valence-electron chi connectivity index (χ1n) is 10.0. The molecule has 0 atom stereocenters. The van der Waals surface area contributed by atoms with Crippen molar-refractivity contribution in [3.05, 3.63) is 65.7 Å². The zero-order chi connectivity index (χ0) is 22.9. The predicted molar refractivity (Wildman–Crippen MR) is 124 cm³/mol. The van der Waals surface area contributed by atoms with Gasteiger partial charge in [-0.15, -0.1) is 0 Å². The summed E-state index contributed by atoms with van der Waals surface area (Å²) in [7, 11) is -3.49. The zero-order valence-electron chi connectivity index (χ0n) is 17.5. The summed E-state index contributed by atoms with van der Waals surface area (Å²) in [5, 5.41) is 3.04. The van der Waals surface area contributed by atoms with Gasteiger partial charge in [0.15, 0.2) is 0 Å². The van der Waals surface area contributed by atoms with Crippen LogP contribution in [0.4, 0.5) is 11.6 Å². The monoisotopic (exact) mass is 471 g/mol. The van der Waals surface area contributed by atoms with E-state index in [1.54, 1.807) is 44.4 Å². The summed E-state index contributed by atoms with van der Waals surface area (Å²) < 4.78 is 26.7. The third-order valence-corrected chi connectivity index (χ3v) is 7.26. The fourth-order valence-corrected chi connectivity index (χ4v) is 4.51. The first-order valence-corrected chi connectivity index (χ1v) is 12.0. The van der Waals surface area contributed by atoms with Crippen LogP contribution in [0, 0.1) is 0 Å². The number of nitrogens with one attached hydrogen (secondary N) is 2. The van der Waals surface area contributed by atoms with Crippen LogP contribution < -0.4 is 10.0 Å². The summed E-state index contributed by atoms with van der Waals surface area (Å²) in [5.74, 6) is -0.320. The molecular weight excluding hydrogens is 450 g/mol. The van der Waals surface area contributed by atoms with Crippen molar-refractivity contribution >= 4 is 39.2 Å². The molecule has 8 nitrogen and oxygen atoms in total. The van der Waals surface area contributed by atoms with Gasteiger partial charge in [-0.05, 0) is 56.5 Å². The van der Waals surface area contributed by atoms with Crippen LogP contribution in [-0.2, 0) is 20.2 Å². The quantitative estimate of drug-likeness (QED) is 0.538. The summed E-state index contributed by atoms with van der Waals surface area (Å²) in [5.41, 5.74) is 1.78. The highest BCUT2D eigenvalue weighted by atomic mass is 35.5. The van der Waals surface area contributed by atoms with Crippen LogP contribution in [0.3, 0.4) is 0 Å². The molecule has 0 bridgehead atoms. The first kappa shape index (κ1) is 22.2. The highest BCUT2D eigenvalue weighted by Gasteiger charge is 2.37. The topological polar surface area (TPSA) is 114 Å². The van der Waals surface area contributed by atoms with E-state index in [0.29, 0.717) is 29.2 Å². The van der Waals surface area contributed by atoms with E-state index < -0.39 is 20.7 Å². The number of hydrogen-bond acceptors (Lipinski definition) is 6. The summed E-state index contributed by atoms with van der Waals surface area (Å²) in [6.45, 7) is 3.44. The van der Waals surface area contributed by atoms with E-state index in [1.807, 2.05) is 18.2 Å². The van der Waals surface area contributed by atoms with Gasteiger partial charge in [-0.3, -0.25) is 14.5 Å². The minimum Gasteiger partial charge on any atom is -0.325 e. The highest BCUT2D eigenvalue weighted by Crippen LogP contribution is 2.30. The lowest BCUT2D eigenvalue weighted by atomic mass is 9.88. The molecule has 0 aliphatic heterocycles. The Morgan fingerprint density at radius 3 is 2.47 bits per heavy atom. The number of halogens is 1. The summed E-state index contributed by atoms with van der Waals surface area (Å²) in [4.78, 5) is 25.4. The van der Waals surface area contributed by atoms with Crippen LogP contribution >= 0.6 is 11.6 Å². The molecule has 1 fully saturated rings. The van der Waals surface area contributed by atoms with Crippen molar-refractivity contribution in [3.8, 4) is 11.1 Å². The first-order chi connectivity index (χ1) is 15.1. The molecular formula is C22H22ClN5O3S. The van der Waals surface area contributed by atoms with E-state index in [0.717, 1.165) is 11.1 Å². The van der Waals surface area contributed by atoms with Gasteiger partial charge in [0.2, 0.25) is 21.9 Å². The number of pyridine rings is 1. The van der Waals surface area contributed by atoms with Gasteiger partial charge in [-0.25, -0.2) is 18.4 Å². The van der Waals surface area contributed by atoms with Crippen molar-refractivity contribution in [3.63, 3.8) is 0 Å². The maximum Gasteiger partial charge on any atom is 0.237 e. The van der Waals surface area contributed by atoms with Gasteiger partial charge in [0, 0.05) is 29.8 Å². The SMILES string of the molecule is CC(C)(C(=O)Nc1ccc(-c2cncc(Cl)c2)cc1)c1ccnc(NS(=O)(=O)C2CC2)n1. The fraction of sp³-hybridized carbons (Fsp3) is 0.273. The number of benzene rings is 1. The molecule has 166 valence electrons. The number of anilines is 2. The highest BCUT2D eigenvalue weighted by molar-refractivity contribution is 7.93. The van der Waals surface area contributed by atoms with Gasteiger partial charge in [0.1, 0.15) is 0 Å². The lowest BCUT2D eigenvalue weighted by Gasteiger charge is -2.23. The van der Waals surface area contributed by atoms with E-state index >= 15 is 0 Å². The second-order valence-electron chi connectivity index (χ2n) is 8.16. The molecule has 1 aliphatic carbocycles. The Balaban J connectivity index is 1.48. The van der Waals surface area contributed by atoms with Crippen molar-refractivity contribution in [1.29, 1.82) is 0 Å². The molecule has 2 aromatic heterocycles. The van der Waals surface area contributed by atoms with Crippen molar-refractivity contribution in [2.75, 3.05) is 10.0 Å². The average Bonchev–Trinajstić information content (AvgIpc) is 3.60. The van der Waals surface area contributed by atoms with E-state index in [4.69, 9.17) is 11.6 Å². The average molecular weight is 472 g/mol. The molecule has 32 heavy (non-hydrogen) atoms. The van der Waals surface area contributed by atoms with Gasteiger partial charge < -0.3 is 5.32 Å². The normalized spacial score (nSPS) is 14.1. The van der Waals surface area contributed by atoms with Crippen LogP contribution in [0.25, 0.3) is 11.1 Å². The Bertz CT molecular complexity index is 1260. The molecule has 2 N–H and O–H groups in total. The Kier molecular flexibility index (Phi) is 5.87. The molecule has 1 aromatic carbocycles. The summed E-state index contributed by atoms with van der Waals surface area (Å²) in [6, 6.07) is 10.7. The van der Waals surface area contributed by atoms with Crippen LogP contribution in [0.1, 0.15) is 32.4 Å². The molecule has 3 aromatic rings. The number of sulfonamides is 1. The van der Waals surface area contributed by atoms with Gasteiger partial charge in [0.25, 0.3) is 0 Å². The Hall–Kier alpha value is -3.04. The zero-order valence-corrected chi connectivity index (χ0v) is 19.1. The van der Waals surface area contributed by atoms with E-state index in [2.05, 4.69) is 25.0 Å². The van der Waals surface area contributed by atoms with Crippen molar-refractivity contribution in [2.45, 2.75) is 37.4 Å². The Labute approximate surface area is 191 Å². The molecule has 0 unspecified atom stereocenters. The minimum atomic E-state index is -3.49. The number of aromatic nitrogens is 3. The van der Waals surface area contributed by atoms with Gasteiger partial charge >= 0.3 is 0 Å². The second-order valence-corrected chi connectivity index (χ2v) is 10.6. The van der Waals surface area contributed by atoms with E-state index in [9.17, 15) is 13.2 Å². The fourth-order valence-electron chi connectivity index (χ4n) is 3.06. The predicted octanol–water partition coefficient (Wildman–Crippen LogP) is 4.01. The molecule has 0 radical (unpaired) electrons. The van der Waals surface area contributed by atoms with Gasteiger partial charge in [-0.2, -0.15) is 0 Å². The van der Waals surface area contributed by atoms with Gasteiger partial charge in [-0.1, -0.05) is 23.7 Å². The van der Waals surface area contributed by atoms with Crippen LogP contribution in [0.15, 0.2) is 55.0 Å². The Morgan fingerprint density at radius 2 is 1.81 bits per heavy atom. The number of nitrogens with zero attached hydrogens (tertiary/aromatic N) is 3. The molecule has 1 amide bonds. The number of carbonyl (C=O) groups excluding carboxylic acids is 1. The number of carbonyl (C=O) groups is 1. The maximum absolute atomic E-state index is 13.0. The molecule has 0 saturated heterocycles. The minimum absolute atomic E-state index is 0.0326. The lowest BCUT2D eigenvalue weighted by molar-refractivity contribution is -0.120. The molecule has 10 heteroatoms. The molecule has 1 aliphatic rings. The molecule has 1 saturated carbocycles. The van der Waals surface area contributed by atoms with Crippen LogP contribution in [0.2, 0.25) is 5.02 Å². The maximum atomic E-state index is 13.0. The Morgan fingerprint density at radius 1 is 1.09 bits per heavy atom. The van der Waals surface area contributed by atoms with Crippen molar-refractivity contribution in [1.82, 2.24) is 15.0 Å². The van der Waals surface area contributed by atoms with E-state index in [1.165, 1.54) is 6.20 Å². The third kappa shape index (κ3) is 4.89. The third-order valence-electron chi connectivity index (χ3n) is 5.24. The summed E-state index contributed by atoms with van der Waals surface area (Å²) >= 11 is 6.00. The van der Waals surface area contributed by atoms with E-state index in [-0.39, 0.29) is 11.9 Å². The number of hydrogen-bond donors (Lipinski definition) is 2. The molecule has 2 heterocycles. The largest absolute Gasteiger partial charge is 0.325 e.